The van der Waals surface area contributed by atoms with Gasteiger partial charge in [0, 0.05) is 32.0 Å². The highest BCUT2D eigenvalue weighted by atomic mass is 35.5. The van der Waals surface area contributed by atoms with Gasteiger partial charge in [-0.3, -0.25) is 19.3 Å². The van der Waals surface area contributed by atoms with E-state index in [0.29, 0.717) is 22.2 Å². The number of rotatable bonds is 5. The van der Waals surface area contributed by atoms with Crippen molar-refractivity contribution in [2.45, 2.75) is 25.9 Å². The molecule has 7 heteroatoms. The van der Waals surface area contributed by atoms with Crippen molar-refractivity contribution in [1.82, 2.24) is 9.80 Å². The fraction of sp³-hybridized carbons (Fsp3) is 0.250. The Kier molecular flexibility index (Phi) is 5.82. The van der Waals surface area contributed by atoms with Gasteiger partial charge in [0.2, 0.25) is 11.8 Å². The highest BCUT2D eigenvalue weighted by molar-refractivity contribution is 6.42. The Labute approximate surface area is 167 Å². The fourth-order valence-electron chi connectivity index (χ4n) is 2.95. The molecule has 0 saturated carbocycles. The molecule has 2 aromatic carbocycles. The van der Waals surface area contributed by atoms with Crippen LogP contribution in [0.15, 0.2) is 42.5 Å². The number of likely N-dealkylation sites (tertiary alicyclic amines) is 1. The zero-order chi connectivity index (χ0) is 19.6. The van der Waals surface area contributed by atoms with Gasteiger partial charge in [0.05, 0.1) is 16.6 Å². The van der Waals surface area contributed by atoms with Crippen LogP contribution in [0.1, 0.15) is 34.3 Å². The maximum atomic E-state index is 12.6. The first-order valence-electron chi connectivity index (χ1n) is 8.47. The van der Waals surface area contributed by atoms with Gasteiger partial charge in [-0.05, 0) is 29.3 Å². The summed E-state index contributed by atoms with van der Waals surface area (Å²) in [6.07, 6.45) is 0.540. The maximum absolute atomic E-state index is 12.6. The van der Waals surface area contributed by atoms with Gasteiger partial charge >= 0.3 is 0 Å². The minimum Gasteiger partial charge on any atom is -0.337 e. The number of hydrogen-bond donors (Lipinski definition) is 0. The molecule has 1 aliphatic heterocycles. The van der Waals surface area contributed by atoms with Gasteiger partial charge in [0.1, 0.15) is 0 Å². The molecular weight excluding hydrogens is 387 g/mol. The monoisotopic (exact) mass is 404 g/mol. The van der Waals surface area contributed by atoms with E-state index in [1.165, 1.54) is 4.90 Å². The van der Waals surface area contributed by atoms with E-state index >= 15 is 0 Å². The number of amides is 3. The minimum absolute atomic E-state index is 0.154. The van der Waals surface area contributed by atoms with Crippen LogP contribution in [0.3, 0.4) is 0 Å². The van der Waals surface area contributed by atoms with Crippen LogP contribution in [-0.4, -0.2) is 34.6 Å². The Bertz CT molecular complexity index is 881. The van der Waals surface area contributed by atoms with Crippen LogP contribution in [0.5, 0.6) is 0 Å². The quantitative estimate of drug-likeness (QED) is 0.709. The minimum atomic E-state index is -0.161. The van der Waals surface area contributed by atoms with E-state index in [4.69, 9.17) is 23.2 Å². The molecular formula is C20H18Cl2N2O3. The van der Waals surface area contributed by atoms with Crippen LogP contribution >= 0.6 is 23.2 Å². The largest absolute Gasteiger partial charge is 0.337 e. The molecule has 140 valence electrons. The molecule has 5 nitrogen and oxygen atoms in total. The van der Waals surface area contributed by atoms with E-state index in [1.54, 1.807) is 48.3 Å². The lowest BCUT2D eigenvalue weighted by Crippen LogP contribution is -2.28. The molecule has 1 fully saturated rings. The number of benzene rings is 2. The van der Waals surface area contributed by atoms with Crippen LogP contribution in [0.2, 0.25) is 10.0 Å². The summed E-state index contributed by atoms with van der Waals surface area (Å²) in [5.41, 5.74) is 2.08. The number of hydrogen-bond acceptors (Lipinski definition) is 3. The third-order valence-corrected chi connectivity index (χ3v) is 5.34. The van der Waals surface area contributed by atoms with E-state index in [9.17, 15) is 14.4 Å². The van der Waals surface area contributed by atoms with Crippen LogP contribution < -0.4 is 0 Å². The summed E-state index contributed by atoms with van der Waals surface area (Å²) < 4.78 is 0. The van der Waals surface area contributed by atoms with Crippen LogP contribution in [-0.2, 0) is 22.7 Å². The highest BCUT2D eigenvalue weighted by Gasteiger charge is 2.28. The Balaban J connectivity index is 1.67. The topological polar surface area (TPSA) is 57.7 Å². The lowest BCUT2D eigenvalue weighted by molar-refractivity contribution is -0.139. The Hall–Kier alpha value is -2.37. The molecule has 27 heavy (non-hydrogen) atoms. The molecule has 2 aromatic rings. The molecule has 0 spiro atoms. The first-order valence-corrected chi connectivity index (χ1v) is 9.23. The van der Waals surface area contributed by atoms with Crippen molar-refractivity contribution in [3.8, 4) is 0 Å². The molecule has 0 aliphatic carbocycles. The van der Waals surface area contributed by atoms with Gasteiger partial charge in [-0.2, -0.15) is 0 Å². The summed E-state index contributed by atoms with van der Waals surface area (Å²) >= 11 is 12.2. The molecule has 0 bridgehead atoms. The molecule has 0 atom stereocenters. The third-order valence-electron chi connectivity index (χ3n) is 4.48. The number of carbonyl (C=O) groups is 3. The lowest BCUT2D eigenvalue weighted by atomic mass is 10.1. The van der Waals surface area contributed by atoms with E-state index < -0.39 is 0 Å². The SMILES string of the molecule is CN(Cc1cccc(Cl)c1Cl)C(=O)c1ccc(CN2C(=O)CCC2=O)cc1. The van der Waals surface area contributed by atoms with Gasteiger partial charge < -0.3 is 4.90 Å². The fourth-order valence-corrected chi connectivity index (χ4v) is 3.33. The molecule has 0 unspecified atom stereocenters. The Morgan fingerprint density at radius 2 is 1.67 bits per heavy atom. The first kappa shape index (κ1) is 19.4. The van der Waals surface area contributed by atoms with E-state index in [0.717, 1.165) is 11.1 Å². The van der Waals surface area contributed by atoms with Crippen LogP contribution in [0, 0.1) is 0 Å². The van der Waals surface area contributed by atoms with Crippen molar-refractivity contribution in [1.29, 1.82) is 0 Å². The number of nitrogens with zero attached hydrogens (tertiary/aromatic N) is 2. The van der Waals surface area contributed by atoms with Crippen molar-refractivity contribution in [3.05, 3.63) is 69.2 Å². The zero-order valence-electron chi connectivity index (χ0n) is 14.7. The second-order valence-corrected chi connectivity index (χ2v) is 7.23. The number of carbonyl (C=O) groups excluding carboxylic acids is 3. The molecule has 1 saturated heterocycles. The maximum Gasteiger partial charge on any atom is 0.253 e. The second kappa shape index (κ2) is 8.11. The van der Waals surface area contributed by atoms with Gasteiger partial charge in [-0.25, -0.2) is 0 Å². The van der Waals surface area contributed by atoms with Crippen molar-refractivity contribution in [2.75, 3.05) is 7.05 Å². The summed E-state index contributed by atoms with van der Waals surface area (Å²) in [7, 11) is 1.69. The average molecular weight is 405 g/mol. The zero-order valence-corrected chi connectivity index (χ0v) is 16.3. The summed E-state index contributed by atoms with van der Waals surface area (Å²) in [5.74, 6) is -0.470. The van der Waals surface area contributed by atoms with Gasteiger partial charge in [-0.1, -0.05) is 47.5 Å². The smallest absolute Gasteiger partial charge is 0.253 e. The van der Waals surface area contributed by atoms with Crippen molar-refractivity contribution >= 4 is 40.9 Å². The van der Waals surface area contributed by atoms with Crippen LogP contribution in [0.4, 0.5) is 0 Å². The standard InChI is InChI=1S/C20H18Cl2N2O3/c1-23(12-15-3-2-4-16(21)19(15)22)20(27)14-7-5-13(6-8-14)11-24-17(25)9-10-18(24)26/h2-8H,9-12H2,1H3. The van der Waals surface area contributed by atoms with E-state index in [-0.39, 0.29) is 37.1 Å². The highest BCUT2D eigenvalue weighted by Crippen LogP contribution is 2.26. The van der Waals surface area contributed by atoms with E-state index in [1.807, 2.05) is 6.07 Å². The van der Waals surface area contributed by atoms with Crippen molar-refractivity contribution in [2.24, 2.45) is 0 Å². The Morgan fingerprint density at radius 3 is 2.30 bits per heavy atom. The predicted molar refractivity (Wildman–Crippen MR) is 103 cm³/mol. The molecule has 3 rings (SSSR count). The summed E-state index contributed by atoms with van der Waals surface area (Å²) in [5, 5.41) is 0.888. The normalized spacial score (nSPS) is 14.0. The van der Waals surface area contributed by atoms with Gasteiger partial charge in [-0.15, -0.1) is 0 Å². The Morgan fingerprint density at radius 1 is 1.04 bits per heavy atom. The average Bonchev–Trinajstić information content (AvgIpc) is 2.97. The predicted octanol–water partition coefficient (Wildman–Crippen LogP) is 3.91. The number of imide groups is 1. The van der Waals surface area contributed by atoms with Gasteiger partial charge in [0.25, 0.3) is 5.91 Å². The van der Waals surface area contributed by atoms with Crippen LogP contribution in [0.25, 0.3) is 0 Å². The molecule has 1 aliphatic rings. The first-order chi connectivity index (χ1) is 12.9. The van der Waals surface area contributed by atoms with Gasteiger partial charge in [0.15, 0.2) is 0 Å². The lowest BCUT2D eigenvalue weighted by Gasteiger charge is -2.19. The van der Waals surface area contributed by atoms with E-state index in [2.05, 4.69) is 0 Å². The third kappa shape index (κ3) is 4.31. The molecule has 0 aromatic heterocycles. The summed E-state index contributed by atoms with van der Waals surface area (Å²) in [6, 6.07) is 12.2. The molecule has 0 radical (unpaired) electrons. The number of halogens is 2. The summed E-state index contributed by atoms with van der Waals surface area (Å²) in [4.78, 5) is 38.9. The molecule has 0 N–H and O–H groups in total. The van der Waals surface area contributed by atoms with Crippen molar-refractivity contribution < 1.29 is 14.4 Å². The molecule has 3 amide bonds. The van der Waals surface area contributed by atoms with Crippen molar-refractivity contribution in [3.63, 3.8) is 0 Å². The second-order valence-electron chi connectivity index (χ2n) is 6.44. The summed E-state index contributed by atoms with van der Waals surface area (Å²) in [6.45, 7) is 0.566. The molecule has 1 heterocycles.